The van der Waals surface area contributed by atoms with Gasteiger partial charge in [-0.15, -0.1) is 0 Å². The maximum absolute atomic E-state index is 10.2. The van der Waals surface area contributed by atoms with Gasteiger partial charge < -0.3 is 19.7 Å². The van der Waals surface area contributed by atoms with Crippen LogP contribution in [0.3, 0.4) is 0 Å². The average Bonchev–Trinajstić information content (AvgIpc) is 2.98. The maximum atomic E-state index is 10.2. The molecule has 0 aromatic carbocycles. The van der Waals surface area contributed by atoms with Gasteiger partial charge in [-0.1, -0.05) is 149 Å². The Labute approximate surface area is 281 Å². The minimum Gasteiger partial charge on any atom is -0.378 e. The van der Waals surface area contributed by atoms with Crippen LogP contribution in [0.4, 0.5) is 0 Å². The fraction of sp³-hybridized carbons (Fsp3) is 0.381. The molecule has 0 unspecified atom stereocenters. The van der Waals surface area contributed by atoms with E-state index in [0.717, 1.165) is 23.1 Å². The highest BCUT2D eigenvalue weighted by Gasteiger charge is 2.39. The van der Waals surface area contributed by atoms with E-state index in [0.29, 0.717) is 0 Å². The molecule has 0 fully saturated rings. The summed E-state index contributed by atoms with van der Waals surface area (Å²) in [6, 6.07) is 0. The SMILES string of the molecule is COC(C)(C)C/C=C/C(C)=C/C=C/C(C)=C/C=C/C(C)=C/C=C/C=C(C)/C=C/C=C(C)/C=C/C=C(C)/C=C/C(O)(O)C(C)(C)OC. The summed E-state index contributed by atoms with van der Waals surface area (Å²) >= 11 is 0. The molecule has 0 atom stereocenters. The third-order valence-electron chi connectivity index (χ3n) is 7.22. The van der Waals surface area contributed by atoms with Gasteiger partial charge >= 0.3 is 0 Å². The van der Waals surface area contributed by atoms with E-state index in [4.69, 9.17) is 9.47 Å². The van der Waals surface area contributed by atoms with Crippen molar-refractivity contribution >= 4 is 0 Å². The Balaban J connectivity index is 4.91. The van der Waals surface area contributed by atoms with Gasteiger partial charge in [0.15, 0.2) is 0 Å². The number of allylic oxidation sites excluding steroid dienone is 24. The lowest BCUT2D eigenvalue weighted by molar-refractivity contribution is -0.238. The quantitative estimate of drug-likeness (QED) is 0.117. The Morgan fingerprint density at radius 3 is 1.15 bits per heavy atom. The number of aliphatic hydroxyl groups is 2. The molecular weight excluding hydrogens is 568 g/mol. The third kappa shape index (κ3) is 20.5. The van der Waals surface area contributed by atoms with Gasteiger partial charge in [-0.05, 0) is 81.7 Å². The van der Waals surface area contributed by atoms with Crippen molar-refractivity contribution in [3.05, 3.63) is 155 Å². The Bertz CT molecular complexity index is 1340. The summed E-state index contributed by atoms with van der Waals surface area (Å²) in [6.07, 6.45) is 41.0. The predicted molar refractivity (Wildman–Crippen MR) is 200 cm³/mol. The second-order valence-electron chi connectivity index (χ2n) is 12.6. The summed E-state index contributed by atoms with van der Waals surface area (Å²) < 4.78 is 10.6. The number of methoxy groups -OCH3 is 2. The van der Waals surface area contributed by atoms with Crippen LogP contribution in [0.15, 0.2) is 155 Å². The third-order valence-corrected chi connectivity index (χ3v) is 7.22. The van der Waals surface area contributed by atoms with Crippen molar-refractivity contribution in [3.63, 3.8) is 0 Å². The van der Waals surface area contributed by atoms with Crippen LogP contribution in [0.5, 0.6) is 0 Å². The number of rotatable bonds is 18. The number of ether oxygens (including phenoxy) is 2. The van der Waals surface area contributed by atoms with E-state index >= 15 is 0 Å². The minimum atomic E-state index is -2.07. The summed E-state index contributed by atoms with van der Waals surface area (Å²) in [4.78, 5) is 0. The van der Waals surface area contributed by atoms with Gasteiger partial charge in [0.25, 0.3) is 0 Å². The van der Waals surface area contributed by atoms with E-state index in [1.807, 2.05) is 56.4 Å². The predicted octanol–water partition coefficient (Wildman–Crippen LogP) is 10.5. The molecule has 4 nitrogen and oxygen atoms in total. The van der Waals surface area contributed by atoms with Crippen LogP contribution in [-0.2, 0) is 9.47 Å². The molecule has 0 saturated carbocycles. The lowest BCUT2D eigenvalue weighted by Crippen LogP contribution is -2.49. The van der Waals surface area contributed by atoms with Crippen LogP contribution in [0.2, 0.25) is 0 Å². The molecule has 0 rings (SSSR count). The van der Waals surface area contributed by atoms with Crippen LogP contribution < -0.4 is 0 Å². The van der Waals surface area contributed by atoms with Crippen LogP contribution in [0.1, 0.15) is 75.7 Å². The molecule has 2 N–H and O–H groups in total. The molecule has 0 saturated heterocycles. The molecule has 0 aromatic rings. The average molecular weight is 629 g/mol. The Morgan fingerprint density at radius 1 is 0.478 bits per heavy atom. The lowest BCUT2D eigenvalue weighted by Gasteiger charge is -2.34. The normalized spacial score (nSPS) is 16.5. The standard InChI is InChI=1S/C42H60O4/c1-34(22-15-24-36(3)26-17-28-38(5)30-19-32-40(7,8)45-11)20-13-14-21-35(2)23-16-25-37(4)27-18-29-39(6)31-33-42(43,44)41(9,10)46-12/h13-31,33,43-44H,32H2,1-12H3/b14-13+,22-15+,23-16+,26-17+,27-18+,30-19+,33-31+,34-20+,35-21+,36-24+,37-25+,38-28+,39-29+. The summed E-state index contributed by atoms with van der Waals surface area (Å²) in [5, 5.41) is 20.4. The number of hydrogen-bond donors (Lipinski definition) is 2. The van der Waals surface area contributed by atoms with Crippen molar-refractivity contribution in [1.82, 2.24) is 0 Å². The first-order chi connectivity index (χ1) is 21.4. The fourth-order valence-electron chi connectivity index (χ4n) is 3.37. The zero-order valence-electron chi connectivity index (χ0n) is 30.5. The van der Waals surface area contributed by atoms with Crippen molar-refractivity contribution in [2.45, 2.75) is 92.6 Å². The largest absolute Gasteiger partial charge is 0.378 e. The highest BCUT2D eigenvalue weighted by Crippen LogP contribution is 2.24. The molecule has 46 heavy (non-hydrogen) atoms. The molecular formula is C42H60O4. The van der Waals surface area contributed by atoms with Crippen molar-refractivity contribution in [1.29, 1.82) is 0 Å². The Morgan fingerprint density at radius 2 is 0.804 bits per heavy atom. The first kappa shape index (κ1) is 42.5. The second-order valence-corrected chi connectivity index (χ2v) is 12.6. The Hall–Kier alpha value is -3.54. The highest BCUT2D eigenvalue weighted by molar-refractivity contribution is 5.33. The molecule has 0 bridgehead atoms. The van der Waals surface area contributed by atoms with Crippen molar-refractivity contribution in [3.8, 4) is 0 Å². The van der Waals surface area contributed by atoms with E-state index < -0.39 is 11.4 Å². The summed E-state index contributed by atoms with van der Waals surface area (Å²) in [7, 11) is 3.19. The van der Waals surface area contributed by atoms with Gasteiger partial charge in [-0.3, -0.25) is 0 Å². The van der Waals surface area contributed by atoms with E-state index in [2.05, 4.69) is 108 Å². The summed E-state index contributed by atoms with van der Waals surface area (Å²) in [6.45, 7) is 19.7. The van der Waals surface area contributed by atoms with Gasteiger partial charge in [-0.2, -0.15) is 0 Å². The zero-order valence-corrected chi connectivity index (χ0v) is 30.5. The van der Waals surface area contributed by atoms with Gasteiger partial charge in [0.05, 0.1) is 5.60 Å². The molecule has 0 aliphatic heterocycles. The molecule has 0 amide bonds. The zero-order chi connectivity index (χ0) is 35.2. The Kier molecular flexibility index (Phi) is 20.4. The van der Waals surface area contributed by atoms with E-state index in [-0.39, 0.29) is 5.60 Å². The van der Waals surface area contributed by atoms with E-state index in [1.165, 1.54) is 29.9 Å². The van der Waals surface area contributed by atoms with Gasteiger partial charge in [0.1, 0.15) is 5.60 Å². The minimum absolute atomic E-state index is 0.133. The van der Waals surface area contributed by atoms with Crippen LogP contribution >= 0.6 is 0 Å². The van der Waals surface area contributed by atoms with Gasteiger partial charge in [-0.25, -0.2) is 0 Å². The molecule has 0 spiro atoms. The molecule has 4 heteroatoms. The van der Waals surface area contributed by atoms with Gasteiger partial charge in [0.2, 0.25) is 5.79 Å². The van der Waals surface area contributed by atoms with Crippen molar-refractivity contribution in [2.75, 3.05) is 14.2 Å². The molecule has 0 aliphatic rings. The van der Waals surface area contributed by atoms with E-state index in [1.54, 1.807) is 27.0 Å². The van der Waals surface area contributed by atoms with Crippen molar-refractivity contribution < 1.29 is 19.7 Å². The smallest absolute Gasteiger partial charge is 0.212 e. The summed E-state index contributed by atoms with van der Waals surface area (Å²) in [5.74, 6) is -2.07. The summed E-state index contributed by atoms with van der Waals surface area (Å²) in [5.41, 5.74) is 5.43. The molecule has 252 valence electrons. The highest BCUT2D eigenvalue weighted by atomic mass is 16.6. The van der Waals surface area contributed by atoms with Gasteiger partial charge in [0, 0.05) is 14.2 Å². The lowest BCUT2D eigenvalue weighted by atomic mass is 9.96. The van der Waals surface area contributed by atoms with Crippen LogP contribution in [0.25, 0.3) is 0 Å². The monoisotopic (exact) mass is 628 g/mol. The first-order valence-electron chi connectivity index (χ1n) is 15.8. The maximum Gasteiger partial charge on any atom is 0.212 e. The molecule has 0 aliphatic carbocycles. The first-order valence-corrected chi connectivity index (χ1v) is 15.8. The van der Waals surface area contributed by atoms with E-state index in [9.17, 15) is 10.2 Å². The second kappa shape index (κ2) is 22.1. The van der Waals surface area contributed by atoms with Crippen LogP contribution in [-0.4, -0.2) is 41.4 Å². The van der Waals surface area contributed by atoms with Crippen molar-refractivity contribution in [2.24, 2.45) is 0 Å². The number of hydrogen-bond acceptors (Lipinski definition) is 4. The fourth-order valence-corrected chi connectivity index (χ4v) is 3.37. The molecule has 0 heterocycles. The topological polar surface area (TPSA) is 58.9 Å². The molecule has 0 aromatic heterocycles. The van der Waals surface area contributed by atoms with Crippen LogP contribution in [0, 0.1) is 0 Å². The molecule has 0 radical (unpaired) electrons.